The average molecular weight is 328 g/mol. The molecule has 0 aliphatic rings. The van der Waals surface area contributed by atoms with Crippen molar-refractivity contribution in [2.75, 3.05) is 13.2 Å². The molecule has 0 fully saturated rings. The minimum atomic E-state index is -0.968. The van der Waals surface area contributed by atoms with Crippen molar-refractivity contribution >= 4 is 17.5 Å². The molecule has 1 atom stereocenters. The third-order valence-electron chi connectivity index (χ3n) is 3.03. The van der Waals surface area contributed by atoms with Gasteiger partial charge < -0.3 is 14.6 Å². The van der Waals surface area contributed by atoms with E-state index in [4.69, 9.17) is 9.47 Å². The summed E-state index contributed by atoms with van der Waals surface area (Å²) in [5, 5.41) is 9.28. The molecule has 0 saturated carbocycles. The highest BCUT2D eigenvalue weighted by Crippen LogP contribution is 2.21. The molecule has 0 aliphatic heterocycles. The van der Waals surface area contributed by atoms with Crippen molar-refractivity contribution in [1.82, 2.24) is 0 Å². The van der Waals surface area contributed by atoms with E-state index in [1.807, 2.05) is 0 Å². The Morgan fingerprint density at radius 1 is 1.12 bits per heavy atom. The predicted molar refractivity (Wildman–Crippen MR) is 92.3 cm³/mol. The number of allylic oxidation sites excluding steroid dienone is 4. The lowest BCUT2D eigenvalue weighted by Gasteiger charge is -2.16. The molecule has 0 radical (unpaired) electrons. The first kappa shape index (κ1) is 19.1. The van der Waals surface area contributed by atoms with Crippen molar-refractivity contribution in [3.8, 4) is 0 Å². The highest BCUT2D eigenvalue weighted by Gasteiger charge is 2.19. The maximum atomic E-state index is 12.4. The molecule has 0 heterocycles. The molecule has 0 spiro atoms. The Labute approximate surface area is 141 Å². The zero-order valence-electron chi connectivity index (χ0n) is 13.3. The first-order valence-electron chi connectivity index (χ1n) is 7.23. The van der Waals surface area contributed by atoms with Crippen LogP contribution in [0.4, 0.5) is 0 Å². The maximum absolute atomic E-state index is 12.4. The average Bonchev–Trinajstić information content (AvgIpc) is 2.62. The number of hydrogen-bond donors (Lipinski definition) is 1. The van der Waals surface area contributed by atoms with Crippen molar-refractivity contribution in [2.45, 2.75) is 6.10 Å². The van der Waals surface area contributed by atoms with Crippen molar-refractivity contribution < 1.29 is 24.2 Å². The van der Waals surface area contributed by atoms with Gasteiger partial charge in [-0.1, -0.05) is 56.2 Å². The fourth-order valence-corrected chi connectivity index (χ4v) is 1.88. The van der Waals surface area contributed by atoms with Crippen LogP contribution in [0.1, 0.15) is 15.9 Å². The predicted octanol–water partition coefficient (Wildman–Crippen LogP) is 2.69. The number of ether oxygens (including phenoxy) is 2. The fourth-order valence-electron chi connectivity index (χ4n) is 1.88. The van der Waals surface area contributed by atoms with Crippen molar-refractivity contribution in [3.05, 3.63) is 79.4 Å². The van der Waals surface area contributed by atoms with Gasteiger partial charge in [0.25, 0.3) is 0 Å². The van der Waals surface area contributed by atoms with Gasteiger partial charge in [0, 0.05) is 6.08 Å². The standard InChI is InChI=1S/C19H20O5/c1-4-9-14(5-2)16-10-7-8-11-17(16)19(22)24-15(12-20)13-23-18(21)6-3/h4-11,15,20H,1-3,12-13H2/b14-9+. The molecule has 1 rings (SSSR count). The lowest BCUT2D eigenvalue weighted by molar-refractivity contribution is -0.141. The third kappa shape index (κ3) is 5.37. The Hall–Kier alpha value is -2.92. The van der Waals surface area contributed by atoms with E-state index < -0.39 is 24.6 Å². The van der Waals surface area contributed by atoms with E-state index in [9.17, 15) is 14.7 Å². The third-order valence-corrected chi connectivity index (χ3v) is 3.03. The van der Waals surface area contributed by atoms with Crippen LogP contribution in [0.15, 0.2) is 68.3 Å². The molecular formula is C19H20O5. The van der Waals surface area contributed by atoms with Crippen LogP contribution in [-0.4, -0.2) is 36.4 Å². The summed E-state index contributed by atoms with van der Waals surface area (Å²) in [7, 11) is 0. The number of carbonyl (C=O) groups is 2. The van der Waals surface area contributed by atoms with Gasteiger partial charge in [-0.2, -0.15) is 0 Å². The number of aliphatic hydroxyl groups is 1. The van der Waals surface area contributed by atoms with Gasteiger partial charge in [0.2, 0.25) is 0 Å². The molecule has 0 aliphatic carbocycles. The fraction of sp³-hybridized carbons (Fsp3) is 0.158. The van der Waals surface area contributed by atoms with E-state index in [1.165, 1.54) is 0 Å². The topological polar surface area (TPSA) is 72.8 Å². The van der Waals surface area contributed by atoms with Crippen molar-refractivity contribution in [3.63, 3.8) is 0 Å². The normalized spacial score (nSPS) is 12.0. The van der Waals surface area contributed by atoms with Gasteiger partial charge in [0.1, 0.15) is 6.61 Å². The van der Waals surface area contributed by atoms with Crippen molar-refractivity contribution in [2.24, 2.45) is 0 Å². The first-order chi connectivity index (χ1) is 11.6. The highest BCUT2D eigenvalue weighted by molar-refractivity contribution is 5.97. The molecule has 1 aromatic rings. The Morgan fingerprint density at radius 3 is 2.33 bits per heavy atom. The Bertz CT molecular complexity index is 657. The van der Waals surface area contributed by atoms with Crippen molar-refractivity contribution in [1.29, 1.82) is 0 Å². The molecule has 5 heteroatoms. The van der Waals surface area contributed by atoms with Crippen LogP contribution in [0.2, 0.25) is 0 Å². The van der Waals surface area contributed by atoms with Gasteiger partial charge in [-0.05, 0) is 17.2 Å². The molecule has 126 valence electrons. The monoisotopic (exact) mass is 328 g/mol. The van der Waals surface area contributed by atoms with Gasteiger partial charge in [-0.15, -0.1) is 0 Å². The minimum absolute atomic E-state index is 0.258. The van der Waals surface area contributed by atoms with E-state index >= 15 is 0 Å². The summed E-state index contributed by atoms with van der Waals surface area (Å²) in [6, 6.07) is 6.82. The molecule has 0 aromatic heterocycles. The van der Waals surface area contributed by atoms with Gasteiger partial charge in [0.15, 0.2) is 6.10 Å². The zero-order chi connectivity index (χ0) is 17.9. The van der Waals surface area contributed by atoms with E-state index in [0.717, 1.165) is 6.08 Å². The number of benzene rings is 1. The SMILES string of the molecule is C=C/C=C(\C=C)c1ccccc1C(=O)OC(CO)COC(=O)C=C. The number of hydrogen-bond acceptors (Lipinski definition) is 5. The molecule has 24 heavy (non-hydrogen) atoms. The smallest absolute Gasteiger partial charge is 0.339 e. The van der Waals surface area contributed by atoms with Crippen LogP contribution in [0.3, 0.4) is 0 Å². The highest BCUT2D eigenvalue weighted by atomic mass is 16.6. The zero-order valence-corrected chi connectivity index (χ0v) is 13.3. The summed E-state index contributed by atoms with van der Waals surface area (Å²) in [5.41, 5.74) is 1.63. The van der Waals surface area contributed by atoms with Gasteiger partial charge in [-0.25, -0.2) is 9.59 Å². The first-order valence-corrected chi connectivity index (χ1v) is 7.23. The Balaban J connectivity index is 2.96. The molecule has 0 saturated heterocycles. The van der Waals surface area contributed by atoms with E-state index in [-0.39, 0.29) is 6.61 Å². The minimum Gasteiger partial charge on any atom is -0.458 e. The van der Waals surface area contributed by atoms with Crippen LogP contribution < -0.4 is 0 Å². The second-order valence-electron chi connectivity index (χ2n) is 4.65. The molecule has 5 nitrogen and oxygen atoms in total. The summed E-state index contributed by atoms with van der Waals surface area (Å²) < 4.78 is 9.99. The lowest BCUT2D eigenvalue weighted by Crippen LogP contribution is -2.28. The van der Waals surface area contributed by atoms with Gasteiger partial charge in [0.05, 0.1) is 12.2 Å². The quantitative estimate of drug-likeness (QED) is 0.429. The van der Waals surface area contributed by atoms with Crippen LogP contribution in [0.25, 0.3) is 5.57 Å². The number of carbonyl (C=O) groups excluding carboxylic acids is 2. The van der Waals surface area contributed by atoms with Crippen LogP contribution in [0, 0.1) is 0 Å². The second-order valence-corrected chi connectivity index (χ2v) is 4.65. The van der Waals surface area contributed by atoms with Crippen LogP contribution in [0.5, 0.6) is 0 Å². The van der Waals surface area contributed by atoms with Crippen LogP contribution >= 0.6 is 0 Å². The molecule has 0 amide bonds. The summed E-state index contributed by atoms with van der Waals surface area (Å²) in [6.45, 7) is 9.87. The summed E-state index contributed by atoms with van der Waals surface area (Å²) in [4.78, 5) is 23.4. The molecular weight excluding hydrogens is 308 g/mol. The summed E-state index contributed by atoms with van der Waals surface area (Å²) >= 11 is 0. The molecule has 0 bridgehead atoms. The molecule has 1 unspecified atom stereocenters. The van der Waals surface area contributed by atoms with Crippen LogP contribution in [-0.2, 0) is 14.3 Å². The summed E-state index contributed by atoms with van der Waals surface area (Å²) in [5.74, 6) is -1.30. The van der Waals surface area contributed by atoms with E-state index in [2.05, 4.69) is 19.7 Å². The van der Waals surface area contributed by atoms with Gasteiger partial charge >= 0.3 is 11.9 Å². The number of rotatable bonds is 9. The molecule has 1 N–H and O–H groups in total. The molecule has 1 aromatic carbocycles. The van der Waals surface area contributed by atoms with E-state index in [0.29, 0.717) is 16.7 Å². The van der Waals surface area contributed by atoms with Gasteiger partial charge in [-0.3, -0.25) is 0 Å². The largest absolute Gasteiger partial charge is 0.458 e. The number of aliphatic hydroxyl groups excluding tert-OH is 1. The Morgan fingerprint density at radius 2 is 1.79 bits per heavy atom. The second kappa shape index (κ2) is 9.97. The summed E-state index contributed by atoms with van der Waals surface area (Å²) in [6.07, 6.45) is 4.93. The number of esters is 2. The maximum Gasteiger partial charge on any atom is 0.339 e. The Kier molecular flexibility index (Phi) is 7.94. The van der Waals surface area contributed by atoms with E-state index in [1.54, 1.807) is 42.5 Å². The lowest BCUT2D eigenvalue weighted by atomic mass is 9.99.